The lowest BCUT2D eigenvalue weighted by atomic mass is 9.87. The van der Waals surface area contributed by atoms with Crippen LogP contribution in [0.5, 0.6) is 0 Å². The van der Waals surface area contributed by atoms with E-state index in [1.54, 1.807) is 11.6 Å². The van der Waals surface area contributed by atoms with Crippen molar-refractivity contribution in [2.45, 2.75) is 59.0 Å². The number of carbonyl (C=O) groups is 2. The summed E-state index contributed by atoms with van der Waals surface area (Å²) in [5, 5.41) is 7.53. The third-order valence-electron chi connectivity index (χ3n) is 5.44. The second-order valence-electron chi connectivity index (χ2n) is 7.99. The molecule has 1 aromatic carbocycles. The van der Waals surface area contributed by atoms with Gasteiger partial charge in [-0.3, -0.25) is 4.79 Å². The molecule has 156 valence electrons. The molecule has 0 saturated heterocycles. The van der Waals surface area contributed by atoms with E-state index >= 15 is 0 Å². The molecule has 3 rings (SSSR count). The molecule has 0 atom stereocenters. The fourth-order valence-corrected chi connectivity index (χ4v) is 3.94. The van der Waals surface area contributed by atoms with Crippen molar-refractivity contribution in [1.29, 1.82) is 0 Å². The van der Waals surface area contributed by atoms with E-state index in [0.717, 1.165) is 31.2 Å². The van der Waals surface area contributed by atoms with Crippen molar-refractivity contribution >= 4 is 23.5 Å². The number of esters is 1. The maximum absolute atomic E-state index is 12.5. The Bertz CT molecular complexity index is 868. The first kappa shape index (κ1) is 21.4. The molecule has 1 amide bonds. The molecule has 29 heavy (non-hydrogen) atoms. The minimum atomic E-state index is -0.630. The Balaban J connectivity index is 1.57. The van der Waals surface area contributed by atoms with E-state index < -0.39 is 5.97 Å². The van der Waals surface area contributed by atoms with E-state index in [1.807, 2.05) is 31.2 Å². The van der Waals surface area contributed by atoms with Gasteiger partial charge in [0.2, 0.25) is 0 Å². The Labute approximate surface area is 176 Å². The van der Waals surface area contributed by atoms with Crippen LogP contribution in [-0.4, -0.2) is 34.3 Å². The second-order valence-corrected chi connectivity index (χ2v) is 8.35. The molecule has 1 aromatic heterocycles. The normalized spacial score (nSPS) is 19.0. The molecule has 1 heterocycles. The minimum absolute atomic E-state index is 0.167. The summed E-state index contributed by atoms with van der Waals surface area (Å²) in [4.78, 5) is 24.6. The average Bonchev–Trinajstić information content (AvgIpc) is 2.97. The van der Waals surface area contributed by atoms with Crippen molar-refractivity contribution in [3.05, 3.63) is 51.8 Å². The van der Waals surface area contributed by atoms with Crippen LogP contribution in [0.2, 0.25) is 5.15 Å². The van der Waals surface area contributed by atoms with Gasteiger partial charge in [-0.25, -0.2) is 9.48 Å². The third-order valence-corrected chi connectivity index (χ3v) is 5.82. The Morgan fingerprint density at radius 2 is 1.83 bits per heavy atom. The minimum Gasteiger partial charge on any atom is -0.452 e. The number of halogens is 1. The molecule has 0 aliphatic heterocycles. The standard InChI is InChI=1S/C22H28ClN3O3/c1-14-4-8-17(9-5-14)12-26-21(23)20(16(3)25-26)22(28)29-13-19(27)24-18-10-6-15(2)7-11-18/h4-5,8-9,15,18H,6-7,10-13H2,1-3H3,(H,24,27). The van der Waals surface area contributed by atoms with Crippen molar-refractivity contribution in [1.82, 2.24) is 15.1 Å². The second kappa shape index (κ2) is 9.44. The lowest BCUT2D eigenvalue weighted by Gasteiger charge is -2.26. The first-order valence-corrected chi connectivity index (χ1v) is 10.5. The molecule has 1 N–H and O–H groups in total. The first-order chi connectivity index (χ1) is 13.8. The van der Waals surface area contributed by atoms with Crippen molar-refractivity contribution in [2.75, 3.05) is 6.61 Å². The highest BCUT2D eigenvalue weighted by Crippen LogP contribution is 2.24. The number of aromatic nitrogens is 2. The maximum Gasteiger partial charge on any atom is 0.343 e. The van der Waals surface area contributed by atoms with Crippen LogP contribution in [0.15, 0.2) is 24.3 Å². The van der Waals surface area contributed by atoms with Crippen LogP contribution in [0, 0.1) is 19.8 Å². The molecule has 2 aromatic rings. The van der Waals surface area contributed by atoms with Crippen LogP contribution >= 0.6 is 11.6 Å². The van der Waals surface area contributed by atoms with Gasteiger partial charge in [0, 0.05) is 6.04 Å². The Hall–Kier alpha value is -2.34. The molecular formula is C22H28ClN3O3. The van der Waals surface area contributed by atoms with Crippen LogP contribution in [-0.2, 0) is 16.1 Å². The number of hydrogen-bond acceptors (Lipinski definition) is 4. The summed E-state index contributed by atoms with van der Waals surface area (Å²) >= 11 is 6.39. The number of nitrogens with zero attached hydrogens (tertiary/aromatic N) is 2. The molecule has 1 saturated carbocycles. The van der Waals surface area contributed by atoms with Gasteiger partial charge in [-0.05, 0) is 51.0 Å². The highest BCUT2D eigenvalue weighted by molar-refractivity contribution is 6.32. The summed E-state index contributed by atoms with van der Waals surface area (Å²) in [5.74, 6) is -0.198. The van der Waals surface area contributed by atoms with E-state index in [2.05, 4.69) is 17.3 Å². The number of carbonyl (C=O) groups excluding carboxylic acids is 2. The number of aryl methyl sites for hydroxylation is 2. The highest BCUT2D eigenvalue weighted by Gasteiger charge is 2.24. The van der Waals surface area contributed by atoms with E-state index in [0.29, 0.717) is 18.2 Å². The molecule has 1 fully saturated rings. The molecule has 7 heteroatoms. The van der Waals surface area contributed by atoms with Gasteiger partial charge in [-0.15, -0.1) is 0 Å². The van der Waals surface area contributed by atoms with Crippen molar-refractivity contribution in [2.24, 2.45) is 5.92 Å². The van der Waals surface area contributed by atoms with Gasteiger partial charge < -0.3 is 10.1 Å². The first-order valence-electron chi connectivity index (χ1n) is 10.1. The van der Waals surface area contributed by atoms with Gasteiger partial charge in [-0.1, -0.05) is 48.4 Å². The number of hydrogen-bond donors (Lipinski definition) is 1. The molecule has 6 nitrogen and oxygen atoms in total. The summed E-state index contributed by atoms with van der Waals surface area (Å²) < 4.78 is 6.78. The van der Waals surface area contributed by atoms with Gasteiger partial charge in [0.1, 0.15) is 10.7 Å². The quantitative estimate of drug-likeness (QED) is 0.719. The summed E-state index contributed by atoms with van der Waals surface area (Å²) in [5.41, 5.74) is 2.88. The summed E-state index contributed by atoms with van der Waals surface area (Å²) in [6.07, 6.45) is 4.16. The molecule has 0 spiro atoms. The monoisotopic (exact) mass is 417 g/mol. The van der Waals surface area contributed by atoms with E-state index in [9.17, 15) is 9.59 Å². The molecule has 1 aliphatic carbocycles. The summed E-state index contributed by atoms with van der Waals surface area (Å²) in [6, 6.07) is 8.19. The van der Waals surface area contributed by atoms with Crippen LogP contribution in [0.1, 0.15) is 59.8 Å². The molecule has 0 radical (unpaired) electrons. The van der Waals surface area contributed by atoms with Crippen molar-refractivity contribution in [3.8, 4) is 0 Å². The highest BCUT2D eigenvalue weighted by atomic mass is 35.5. The van der Waals surface area contributed by atoms with E-state index in [1.165, 1.54) is 5.56 Å². The van der Waals surface area contributed by atoms with E-state index in [-0.39, 0.29) is 29.3 Å². The van der Waals surface area contributed by atoms with Crippen molar-refractivity contribution < 1.29 is 14.3 Å². The number of amides is 1. The van der Waals surface area contributed by atoms with Crippen LogP contribution in [0.4, 0.5) is 0 Å². The zero-order valence-electron chi connectivity index (χ0n) is 17.2. The van der Waals surface area contributed by atoms with Crippen molar-refractivity contribution in [3.63, 3.8) is 0 Å². The molecule has 0 unspecified atom stereocenters. The zero-order valence-corrected chi connectivity index (χ0v) is 18.0. The smallest absolute Gasteiger partial charge is 0.343 e. The van der Waals surface area contributed by atoms with Crippen LogP contribution in [0.3, 0.4) is 0 Å². The number of ether oxygens (including phenoxy) is 1. The third kappa shape index (κ3) is 5.60. The summed E-state index contributed by atoms with van der Waals surface area (Å²) in [6.45, 7) is 6.09. The SMILES string of the molecule is Cc1ccc(Cn2nc(C)c(C(=O)OCC(=O)NC3CCC(C)CC3)c2Cl)cc1. The van der Waals surface area contributed by atoms with Gasteiger partial charge in [0.05, 0.1) is 12.2 Å². The van der Waals surface area contributed by atoms with Gasteiger partial charge >= 0.3 is 5.97 Å². The Kier molecular flexibility index (Phi) is 6.96. The topological polar surface area (TPSA) is 73.2 Å². The average molecular weight is 418 g/mol. The lowest BCUT2D eigenvalue weighted by molar-refractivity contribution is -0.125. The molecule has 1 aliphatic rings. The number of rotatable bonds is 6. The zero-order chi connectivity index (χ0) is 21.0. The van der Waals surface area contributed by atoms with Gasteiger partial charge in [0.25, 0.3) is 5.91 Å². The number of nitrogens with one attached hydrogen (secondary N) is 1. The Morgan fingerprint density at radius 3 is 2.48 bits per heavy atom. The van der Waals surface area contributed by atoms with E-state index in [4.69, 9.17) is 16.3 Å². The van der Waals surface area contributed by atoms with Gasteiger partial charge in [-0.2, -0.15) is 5.10 Å². The Morgan fingerprint density at radius 1 is 1.17 bits per heavy atom. The molecular weight excluding hydrogens is 390 g/mol. The van der Waals surface area contributed by atoms with Gasteiger partial charge in [0.15, 0.2) is 6.61 Å². The van der Waals surface area contributed by atoms with Crippen LogP contribution in [0.25, 0.3) is 0 Å². The summed E-state index contributed by atoms with van der Waals surface area (Å²) in [7, 11) is 0. The molecule has 0 bridgehead atoms. The van der Waals surface area contributed by atoms with Crippen LogP contribution < -0.4 is 5.32 Å². The maximum atomic E-state index is 12.5. The largest absolute Gasteiger partial charge is 0.452 e. The predicted octanol–water partition coefficient (Wildman–Crippen LogP) is 4.05. The lowest BCUT2D eigenvalue weighted by Crippen LogP contribution is -2.39. The predicted molar refractivity (Wildman–Crippen MR) is 112 cm³/mol. The fourth-order valence-electron chi connectivity index (χ4n) is 3.63. The number of benzene rings is 1. The fraction of sp³-hybridized carbons (Fsp3) is 0.500.